The molecule has 21 heteroatoms. The summed E-state index contributed by atoms with van der Waals surface area (Å²) in [4.78, 5) is 119. The van der Waals surface area contributed by atoms with E-state index in [4.69, 9.17) is 4.42 Å². The Morgan fingerprint density at radius 1 is 1.00 bits per heavy atom. The first-order valence-electron chi connectivity index (χ1n) is 23.4. The Morgan fingerprint density at radius 2 is 1.78 bits per heavy atom. The highest BCUT2D eigenvalue weighted by atomic mass is 32.1. The van der Waals surface area contributed by atoms with E-state index in [0.29, 0.717) is 64.9 Å². The van der Waals surface area contributed by atoms with Gasteiger partial charge >= 0.3 is 13.3 Å². The number of amides is 7. The van der Waals surface area contributed by atoms with Crippen molar-refractivity contribution in [1.82, 2.24) is 25.3 Å². The second-order valence-corrected chi connectivity index (χ2v) is 22.0. The van der Waals surface area contributed by atoms with E-state index in [9.17, 15) is 56.7 Å². The Hall–Kier alpha value is -6.78. The average Bonchev–Trinajstić information content (AvgIpc) is 4.16. The largest absolute Gasteiger partial charge is 0.464 e. The first-order valence-corrected chi connectivity index (χ1v) is 25.8. The van der Waals surface area contributed by atoms with Crippen molar-refractivity contribution in [1.29, 1.82) is 0 Å². The molecule has 2 fully saturated rings. The van der Waals surface area contributed by atoms with Crippen LogP contribution in [0.4, 0.5) is 14.5 Å². The molecule has 7 amide bonds. The van der Waals surface area contributed by atoms with Gasteiger partial charge in [-0.3, -0.25) is 43.4 Å². The van der Waals surface area contributed by atoms with Crippen LogP contribution in [0.3, 0.4) is 0 Å². The van der Waals surface area contributed by atoms with Gasteiger partial charge in [-0.05, 0) is 96.6 Å². The van der Waals surface area contributed by atoms with Crippen LogP contribution in [0, 0.1) is 17.3 Å². The molecule has 5 heterocycles. The fourth-order valence-electron chi connectivity index (χ4n) is 9.27. The number of unbranched alkanes of at least 4 members (excludes halogenated alkanes) is 1. The zero-order valence-electron chi connectivity index (χ0n) is 39.9. The van der Waals surface area contributed by atoms with Crippen molar-refractivity contribution in [2.24, 2.45) is 5.41 Å². The van der Waals surface area contributed by atoms with Crippen LogP contribution in [0.2, 0.25) is 0 Å². The Labute approximate surface area is 417 Å². The summed E-state index contributed by atoms with van der Waals surface area (Å²) in [5.74, 6) is 3.30. The maximum atomic E-state index is 14.8. The number of carbonyl (C=O) groups is 7. The van der Waals surface area contributed by atoms with Gasteiger partial charge in [-0.15, -0.1) is 11.3 Å². The van der Waals surface area contributed by atoms with Crippen LogP contribution < -0.4 is 15.5 Å². The number of rotatable bonds is 14. The van der Waals surface area contributed by atoms with E-state index in [1.54, 1.807) is 69.1 Å². The van der Waals surface area contributed by atoms with Crippen LogP contribution >= 0.6 is 18.9 Å². The van der Waals surface area contributed by atoms with Crippen molar-refractivity contribution in [3.63, 3.8) is 0 Å². The molecule has 4 N–H and O–H groups in total. The lowest BCUT2D eigenvalue weighted by Gasteiger charge is -2.36. The molecule has 8 rings (SSSR count). The van der Waals surface area contributed by atoms with Crippen LogP contribution in [0.25, 0.3) is 21.1 Å². The van der Waals surface area contributed by atoms with Gasteiger partial charge in [0.25, 0.3) is 11.8 Å². The number of anilines is 1. The summed E-state index contributed by atoms with van der Waals surface area (Å²) in [7, 11) is -4.18. The number of piperidine rings is 1. The van der Waals surface area contributed by atoms with Crippen molar-refractivity contribution in [2.75, 3.05) is 31.6 Å². The molecular formula is C51H53F2N6O11PS. The molecule has 0 bridgehead atoms. The fourth-order valence-corrected chi connectivity index (χ4v) is 10.7. The number of hydrogen-bond donors (Lipinski definition) is 4. The standard InChI is InChI=1S/C51H53F2N6O11PS/c1-50(2,3)44(55-46(63)41-28-32-26-33(14-18-40(32)72-41)51(52,53)71(67,68)69)49(66)58-23-9-13-38(58)48(65)57(34-15-17-39-31(27-34)21-25-70-39)24-20-43(61)56(4)22-7-5-6-10-30-11-8-12-35-36(30)29-59(47(35)64)37-16-19-42(60)54-45(37)62/h8,11-12,14-15,17-18,21,25-28,37-38,44H,5,7,9,13,16,19-20,22-24,29H2,1-4H3,(H,55,63)(H,54,60,62)(H2,67,68,69)/t37?,38-,44?/m0/s1. The van der Waals surface area contributed by atoms with Crippen molar-refractivity contribution in [2.45, 2.75) is 96.1 Å². The molecule has 17 nitrogen and oxygen atoms in total. The molecule has 3 aliphatic heterocycles. The van der Waals surface area contributed by atoms with Crippen molar-refractivity contribution in [3.05, 3.63) is 100 Å². The van der Waals surface area contributed by atoms with Crippen LogP contribution in [-0.4, -0.2) is 111 Å². The zero-order chi connectivity index (χ0) is 51.9. The summed E-state index contributed by atoms with van der Waals surface area (Å²) in [6, 6.07) is 13.7. The molecule has 2 saturated heterocycles. The summed E-state index contributed by atoms with van der Waals surface area (Å²) in [6.07, 6.45) is 3.62. The number of alkyl halides is 2. The number of carbonyl (C=O) groups excluding carboxylic acids is 7. The molecule has 0 spiro atoms. The molecule has 3 atom stereocenters. The topological polar surface area (TPSA) is 227 Å². The summed E-state index contributed by atoms with van der Waals surface area (Å²) in [5, 5.41) is 5.99. The summed E-state index contributed by atoms with van der Waals surface area (Å²) in [5.41, 5.74) is -3.33. The maximum absolute atomic E-state index is 14.8. The Kier molecular flexibility index (Phi) is 14.6. The molecule has 0 saturated carbocycles. The second kappa shape index (κ2) is 20.4. The number of likely N-dealkylation sites (tertiary alicyclic amines) is 1. The van der Waals surface area contributed by atoms with Crippen LogP contribution in [0.1, 0.15) is 102 Å². The minimum absolute atomic E-state index is 0.0233. The van der Waals surface area contributed by atoms with Gasteiger partial charge < -0.3 is 39.1 Å². The lowest BCUT2D eigenvalue weighted by atomic mass is 9.85. The predicted molar refractivity (Wildman–Crippen MR) is 263 cm³/mol. The summed E-state index contributed by atoms with van der Waals surface area (Å²) < 4.78 is 46.5. The van der Waals surface area contributed by atoms with E-state index in [1.165, 1.54) is 33.1 Å². The van der Waals surface area contributed by atoms with Crippen molar-refractivity contribution in [3.8, 4) is 11.8 Å². The average molecular weight is 1030 g/mol. The number of halogens is 2. The lowest BCUT2D eigenvalue weighted by molar-refractivity contribution is -0.141. The third-order valence-electron chi connectivity index (χ3n) is 13.3. The number of hydrogen-bond acceptors (Lipinski definition) is 10. The number of nitrogens with one attached hydrogen (secondary N) is 2. The highest BCUT2D eigenvalue weighted by molar-refractivity contribution is 7.52. The summed E-state index contributed by atoms with van der Waals surface area (Å²) >= 11 is 0.952. The van der Waals surface area contributed by atoms with E-state index in [-0.39, 0.29) is 66.9 Å². The number of imide groups is 1. The number of fused-ring (bicyclic) bond motifs is 3. The fraction of sp³-hybridized carbons (Fsp3) is 0.392. The smallest absolute Gasteiger partial charge is 0.399 e. The van der Waals surface area contributed by atoms with E-state index >= 15 is 0 Å². The maximum Gasteiger partial charge on any atom is 0.399 e. The minimum Gasteiger partial charge on any atom is -0.464 e. The van der Waals surface area contributed by atoms with E-state index < -0.39 is 66.0 Å². The van der Waals surface area contributed by atoms with Gasteiger partial charge in [-0.25, -0.2) is 0 Å². The normalized spacial score (nSPS) is 17.6. The van der Waals surface area contributed by atoms with E-state index in [1.807, 2.05) is 6.07 Å². The molecule has 378 valence electrons. The molecule has 72 heavy (non-hydrogen) atoms. The highest BCUT2D eigenvalue weighted by Gasteiger charge is 2.50. The molecule has 2 aromatic heterocycles. The number of furan rings is 1. The van der Waals surface area contributed by atoms with Gasteiger partial charge in [0.1, 0.15) is 23.7 Å². The van der Waals surface area contributed by atoms with Gasteiger partial charge in [-0.1, -0.05) is 44.7 Å². The Balaban J connectivity index is 0.919. The molecule has 0 radical (unpaired) electrons. The second-order valence-electron chi connectivity index (χ2n) is 19.2. The number of nitrogens with zero attached hydrogens (tertiary/aromatic N) is 4. The van der Waals surface area contributed by atoms with E-state index in [0.717, 1.165) is 28.9 Å². The van der Waals surface area contributed by atoms with Crippen LogP contribution in [0.15, 0.2) is 77.4 Å². The van der Waals surface area contributed by atoms with Gasteiger partial charge in [0, 0.05) is 85.0 Å². The predicted octanol–water partition coefficient (Wildman–Crippen LogP) is 6.48. The SMILES string of the molecule is CN(CCCC#Cc1cccc2c1CN(C1CCC(=O)NC1=O)C2=O)C(=O)CCN(C(=O)[C@@H]1CCCN1C(=O)C(NC(=O)c1cc2cc(C(F)(F)P(=O)(O)O)ccc2s1)C(C)(C)C)c1ccc2occc2c1. The third-order valence-corrected chi connectivity index (χ3v) is 15.4. The molecular weight excluding hydrogens is 974 g/mol. The first kappa shape index (κ1) is 51.6. The number of benzene rings is 3. The van der Waals surface area contributed by atoms with Gasteiger partial charge in [0.2, 0.25) is 29.5 Å². The third kappa shape index (κ3) is 10.6. The van der Waals surface area contributed by atoms with Crippen molar-refractivity contribution < 1.29 is 61.1 Å². The van der Waals surface area contributed by atoms with Gasteiger partial charge in [-0.2, -0.15) is 8.78 Å². The highest BCUT2D eigenvalue weighted by Crippen LogP contribution is 2.59. The molecule has 0 aliphatic carbocycles. The lowest BCUT2D eigenvalue weighted by Crippen LogP contribution is -2.58. The zero-order valence-corrected chi connectivity index (χ0v) is 41.6. The first-order chi connectivity index (χ1) is 34.0. The summed E-state index contributed by atoms with van der Waals surface area (Å²) in [6.45, 7) is 6.00. The minimum atomic E-state index is -5.84. The van der Waals surface area contributed by atoms with Crippen molar-refractivity contribution >= 4 is 87.0 Å². The Bertz CT molecular complexity index is 3130. The monoisotopic (exact) mass is 1030 g/mol. The van der Waals surface area contributed by atoms with E-state index in [2.05, 4.69) is 22.5 Å². The quantitative estimate of drug-likeness (QED) is 0.0407. The Morgan fingerprint density at radius 3 is 2.51 bits per heavy atom. The number of thiophene rings is 1. The van der Waals surface area contributed by atoms with Gasteiger partial charge in [0.05, 0.1) is 11.1 Å². The molecule has 3 aliphatic rings. The van der Waals surface area contributed by atoms with Crippen LogP contribution in [0.5, 0.6) is 0 Å². The van der Waals surface area contributed by atoms with Gasteiger partial charge in [0.15, 0.2) is 0 Å². The molecule has 2 unspecified atom stereocenters. The van der Waals surface area contributed by atoms with Crippen LogP contribution in [-0.2, 0) is 40.7 Å². The molecule has 3 aromatic carbocycles. The molecule has 5 aromatic rings.